The SMILES string of the molecule is COc1ccc(-c2nc(N3CCNCC3)c3c4c(sc3n2)CC(C)CC4)cc1. The van der Waals surface area contributed by atoms with Crippen molar-refractivity contribution < 1.29 is 4.74 Å². The molecule has 0 amide bonds. The van der Waals surface area contributed by atoms with Crippen molar-refractivity contribution >= 4 is 27.4 Å². The Morgan fingerprint density at radius 1 is 1.14 bits per heavy atom. The van der Waals surface area contributed by atoms with Gasteiger partial charge in [-0.05, 0) is 55.0 Å². The molecule has 1 N–H and O–H groups in total. The van der Waals surface area contributed by atoms with E-state index >= 15 is 0 Å². The van der Waals surface area contributed by atoms with E-state index in [2.05, 4.69) is 29.3 Å². The number of aromatic nitrogens is 2. The van der Waals surface area contributed by atoms with Crippen molar-refractivity contribution in [2.45, 2.75) is 26.2 Å². The predicted octanol–water partition coefficient (Wildman–Crippen LogP) is 3.90. The molecule has 146 valence electrons. The molecule has 3 heterocycles. The van der Waals surface area contributed by atoms with E-state index < -0.39 is 0 Å². The first kappa shape index (κ1) is 17.9. The van der Waals surface area contributed by atoms with Crippen LogP contribution in [0.2, 0.25) is 0 Å². The van der Waals surface area contributed by atoms with E-state index in [1.54, 1.807) is 7.11 Å². The fraction of sp³-hybridized carbons (Fsp3) is 0.455. The molecule has 1 aliphatic heterocycles. The predicted molar refractivity (Wildman–Crippen MR) is 116 cm³/mol. The number of methoxy groups -OCH3 is 1. The Morgan fingerprint density at radius 2 is 1.93 bits per heavy atom. The van der Waals surface area contributed by atoms with Crippen molar-refractivity contribution in [3.8, 4) is 17.1 Å². The molecule has 0 saturated carbocycles. The maximum Gasteiger partial charge on any atom is 0.163 e. The molecule has 6 heteroatoms. The van der Waals surface area contributed by atoms with Crippen LogP contribution in [0.4, 0.5) is 5.82 Å². The summed E-state index contributed by atoms with van der Waals surface area (Å²) in [7, 11) is 1.69. The number of thiophene rings is 1. The molecule has 5 rings (SSSR count). The molecule has 2 aliphatic rings. The number of rotatable bonds is 3. The highest BCUT2D eigenvalue weighted by atomic mass is 32.1. The van der Waals surface area contributed by atoms with Crippen LogP contribution in [0.5, 0.6) is 5.75 Å². The minimum Gasteiger partial charge on any atom is -0.497 e. The Bertz CT molecular complexity index is 992. The van der Waals surface area contributed by atoms with E-state index in [0.717, 1.165) is 66.3 Å². The number of hydrogen-bond acceptors (Lipinski definition) is 6. The van der Waals surface area contributed by atoms with Gasteiger partial charge >= 0.3 is 0 Å². The lowest BCUT2D eigenvalue weighted by Gasteiger charge is -2.29. The van der Waals surface area contributed by atoms with Crippen molar-refractivity contribution in [1.82, 2.24) is 15.3 Å². The zero-order valence-corrected chi connectivity index (χ0v) is 17.3. The first-order chi connectivity index (χ1) is 13.7. The molecular formula is C22H26N4OS. The molecule has 1 atom stereocenters. The lowest BCUT2D eigenvalue weighted by molar-refractivity contribution is 0.415. The summed E-state index contributed by atoms with van der Waals surface area (Å²) in [6.45, 7) is 6.36. The second-order valence-electron chi connectivity index (χ2n) is 7.87. The van der Waals surface area contributed by atoms with Crippen LogP contribution in [0.15, 0.2) is 24.3 Å². The summed E-state index contributed by atoms with van der Waals surface area (Å²) in [5.74, 6) is 3.56. The Balaban J connectivity index is 1.67. The highest BCUT2D eigenvalue weighted by Crippen LogP contribution is 2.42. The monoisotopic (exact) mass is 394 g/mol. The number of fused-ring (bicyclic) bond motifs is 3. The zero-order valence-electron chi connectivity index (χ0n) is 16.5. The molecule has 0 bridgehead atoms. The van der Waals surface area contributed by atoms with E-state index in [4.69, 9.17) is 14.7 Å². The Kier molecular flexibility index (Phi) is 4.69. The van der Waals surface area contributed by atoms with Crippen molar-refractivity contribution in [2.75, 3.05) is 38.2 Å². The van der Waals surface area contributed by atoms with Gasteiger partial charge in [0.15, 0.2) is 5.82 Å². The van der Waals surface area contributed by atoms with Crippen LogP contribution in [-0.4, -0.2) is 43.3 Å². The lowest BCUT2D eigenvalue weighted by atomic mass is 9.89. The van der Waals surface area contributed by atoms with Crippen LogP contribution in [0.1, 0.15) is 23.8 Å². The highest BCUT2D eigenvalue weighted by molar-refractivity contribution is 7.19. The van der Waals surface area contributed by atoms with E-state index in [1.165, 1.54) is 28.7 Å². The first-order valence-electron chi connectivity index (χ1n) is 10.2. The summed E-state index contributed by atoms with van der Waals surface area (Å²) in [6.07, 6.45) is 3.59. The number of nitrogens with one attached hydrogen (secondary N) is 1. The Labute approximate surface area is 169 Å². The normalized spacial score (nSPS) is 19.6. The maximum absolute atomic E-state index is 5.31. The average molecular weight is 395 g/mol. The largest absolute Gasteiger partial charge is 0.497 e. The number of hydrogen-bond donors (Lipinski definition) is 1. The topological polar surface area (TPSA) is 50.3 Å². The van der Waals surface area contributed by atoms with Gasteiger partial charge in [-0.2, -0.15) is 0 Å². The number of nitrogens with zero attached hydrogens (tertiary/aromatic N) is 3. The second kappa shape index (κ2) is 7.33. The molecule has 3 aromatic rings. The zero-order chi connectivity index (χ0) is 19.1. The summed E-state index contributed by atoms with van der Waals surface area (Å²) >= 11 is 1.88. The minimum absolute atomic E-state index is 0.761. The molecule has 2 aromatic heterocycles. The quantitative estimate of drug-likeness (QED) is 0.730. The highest BCUT2D eigenvalue weighted by Gasteiger charge is 2.26. The van der Waals surface area contributed by atoms with Crippen LogP contribution in [0.3, 0.4) is 0 Å². The molecule has 0 spiro atoms. The number of benzene rings is 1. The summed E-state index contributed by atoms with van der Waals surface area (Å²) in [4.78, 5) is 15.2. The van der Waals surface area contributed by atoms with Gasteiger partial charge in [0.05, 0.1) is 12.5 Å². The second-order valence-corrected chi connectivity index (χ2v) is 8.95. The number of piperazine rings is 1. The molecule has 28 heavy (non-hydrogen) atoms. The third kappa shape index (κ3) is 3.14. The summed E-state index contributed by atoms with van der Waals surface area (Å²) in [6, 6.07) is 8.07. The van der Waals surface area contributed by atoms with Crippen molar-refractivity contribution in [1.29, 1.82) is 0 Å². The van der Waals surface area contributed by atoms with Gasteiger partial charge in [0.25, 0.3) is 0 Å². The first-order valence-corrected chi connectivity index (χ1v) is 11.0. The smallest absolute Gasteiger partial charge is 0.163 e. The van der Waals surface area contributed by atoms with Crippen molar-refractivity contribution in [3.05, 3.63) is 34.7 Å². The van der Waals surface area contributed by atoms with E-state index in [9.17, 15) is 0 Å². The van der Waals surface area contributed by atoms with Crippen LogP contribution >= 0.6 is 11.3 Å². The molecule has 1 unspecified atom stereocenters. The number of aryl methyl sites for hydroxylation is 1. The third-order valence-corrected chi connectivity index (χ3v) is 7.05. The Hall–Kier alpha value is -2.18. The van der Waals surface area contributed by atoms with Crippen LogP contribution in [-0.2, 0) is 12.8 Å². The minimum atomic E-state index is 0.761. The van der Waals surface area contributed by atoms with Gasteiger partial charge in [-0.15, -0.1) is 11.3 Å². The van der Waals surface area contributed by atoms with Crippen LogP contribution in [0.25, 0.3) is 21.6 Å². The van der Waals surface area contributed by atoms with E-state index in [1.807, 2.05) is 23.5 Å². The van der Waals surface area contributed by atoms with Crippen LogP contribution in [0, 0.1) is 5.92 Å². The number of anilines is 1. The van der Waals surface area contributed by atoms with Gasteiger partial charge in [0.1, 0.15) is 16.4 Å². The Morgan fingerprint density at radius 3 is 2.68 bits per heavy atom. The summed E-state index contributed by atoms with van der Waals surface area (Å²) in [5, 5.41) is 4.77. The van der Waals surface area contributed by atoms with Gasteiger partial charge < -0.3 is 15.0 Å². The molecule has 1 aromatic carbocycles. The van der Waals surface area contributed by atoms with Gasteiger partial charge in [-0.3, -0.25) is 0 Å². The standard InChI is InChI=1S/C22H26N4OS/c1-14-3-8-17-18(13-14)28-22-19(17)21(26-11-9-23-10-12-26)24-20(25-22)15-4-6-16(27-2)7-5-15/h4-7,14,23H,3,8-13H2,1-2H3. The van der Waals surface area contributed by atoms with E-state index in [-0.39, 0.29) is 0 Å². The fourth-order valence-corrected chi connectivity index (χ4v) is 5.68. The molecule has 0 radical (unpaired) electrons. The number of ether oxygens (including phenoxy) is 1. The average Bonchev–Trinajstić information content (AvgIpc) is 3.11. The molecular weight excluding hydrogens is 368 g/mol. The summed E-state index contributed by atoms with van der Waals surface area (Å²) in [5.41, 5.74) is 2.55. The van der Waals surface area contributed by atoms with Gasteiger partial charge in [0.2, 0.25) is 0 Å². The van der Waals surface area contributed by atoms with Crippen molar-refractivity contribution in [3.63, 3.8) is 0 Å². The summed E-state index contributed by atoms with van der Waals surface area (Å²) < 4.78 is 5.31. The third-order valence-electron chi connectivity index (χ3n) is 5.90. The lowest BCUT2D eigenvalue weighted by Crippen LogP contribution is -2.44. The molecule has 1 fully saturated rings. The maximum atomic E-state index is 5.31. The van der Waals surface area contributed by atoms with E-state index in [0.29, 0.717) is 0 Å². The molecule has 5 nitrogen and oxygen atoms in total. The van der Waals surface area contributed by atoms with Gasteiger partial charge in [0, 0.05) is 36.6 Å². The molecule has 1 saturated heterocycles. The van der Waals surface area contributed by atoms with Gasteiger partial charge in [-0.1, -0.05) is 6.92 Å². The molecule has 1 aliphatic carbocycles. The van der Waals surface area contributed by atoms with Crippen molar-refractivity contribution in [2.24, 2.45) is 5.92 Å². The van der Waals surface area contributed by atoms with Gasteiger partial charge in [-0.25, -0.2) is 9.97 Å². The fourth-order valence-electron chi connectivity index (χ4n) is 4.30. The van der Waals surface area contributed by atoms with Crippen LogP contribution < -0.4 is 15.0 Å².